The third kappa shape index (κ3) is 2.58. The summed E-state index contributed by atoms with van der Waals surface area (Å²) in [5, 5.41) is 0. The zero-order chi connectivity index (χ0) is 12.3. The number of rotatable bonds is 4. The molecule has 0 amide bonds. The van der Waals surface area contributed by atoms with Gasteiger partial charge in [-0.25, -0.2) is 0 Å². The number of nitrogens with two attached hydrogens (primary N) is 1. The molecular formula is C12H19N3O. The number of carbonyl (C=O) groups excluding carboxylic acids is 1. The second-order valence-corrected chi connectivity index (χ2v) is 4.63. The van der Waals surface area contributed by atoms with Gasteiger partial charge in [-0.15, -0.1) is 0 Å². The maximum absolute atomic E-state index is 12.1. The quantitative estimate of drug-likeness (QED) is 0.827. The molecule has 0 atom stereocenters. The Morgan fingerprint density at radius 2 is 2.12 bits per heavy atom. The van der Waals surface area contributed by atoms with Crippen LogP contribution in [-0.4, -0.2) is 35.3 Å². The van der Waals surface area contributed by atoms with Crippen molar-refractivity contribution in [3.8, 4) is 0 Å². The van der Waals surface area contributed by atoms with Crippen LogP contribution in [0.3, 0.4) is 0 Å². The minimum Gasteiger partial charge on any atom is -0.398 e. The summed E-state index contributed by atoms with van der Waals surface area (Å²) in [7, 11) is 3.79. The summed E-state index contributed by atoms with van der Waals surface area (Å²) >= 11 is 0. The number of aromatic nitrogens is 1. The van der Waals surface area contributed by atoms with Gasteiger partial charge in [-0.05, 0) is 34.0 Å². The lowest BCUT2D eigenvalue weighted by Gasteiger charge is -2.31. The van der Waals surface area contributed by atoms with E-state index < -0.39 is 5.54 Å². The van der Waals surface area contributed by atoms with Gasteiger partial charge in [-0.3, -0.25) is 14.7 Å². The Hall–Kier alpha value is -1.42. The number of anilines is 1. The molecule has 0 saturated carbocycles. The molecule has 0 aromatic carbocycles. The van der Waals surface area contributed by atoms with E-state index in [1.54, 1.807) is 18.5 Å². The maximum Gasteiger partial charge on any atom is 0.156 e. The predicted molar refractivity (Wildman–Crippen MR) is 65.1 cm³/mol. The molecular weight excluding hydrogens is 202 g/mol. The minimum atomic E-state index is -0.484. The van der Waals surface area contributed by atoms with Crippen LogP contribution in [0.1, 0.15) is 19.4 Å². The van der Waals surface area contributed by atoms with Gasteiger partial charge < -0.3 is 5.73 Å². The third-order valence-corrected chi connectivity index (χ3v) is 3.09. The van der Waals surface area contributed by atoms with Crippen molar-refractivity contribution in [3.05, 3.63) is 24.0 Å². The molecule has 88 valence electrons. The first-order chi connectivity index (χ1) is 7.35. The molecule has 1 aromatic heterocycles. The number of carbonyl (C=O) groups is 1. The fourth-order valence-electron chi connectivity index (χ4n) is 1.22. The van der Waals surface area contributed by atoms with E-state index in [2.05, 4.69) is 4.98 Å². The summed E-state index contributed by atoms with van der Waals surface area (Å²) in [5.74, 6) is 0.136. The number of likely N-dealkylation sites (N-methyl/N-ethyl adjacent to an activating group) is 1. The molecule has 0 aliphatic carbocycles. The molecule has 0 unspecified atom stereocenters. The van der Waals surface area contributed by atoms with Crippen molar-refractivity contribution in [2.24, 2.45) is 0 Å². The van der Waals surface area contributed by atoms with E-state index in [1.165, 1.54) is 0 Å². The Balaban J connectivity index is 2.84. The molecule has 0 aliphatic heterocycles. The van der Waals surface area contributed by atoms with Gasteiger partial charge in [0.15, 0.2) is 5.78 Å². The van der Waals surface area contributed by atoms with E-state index in [4.69, 9.17) is 5.73 Å². The normalized spacial score (nSPS) is 11.8. The Morgan fingerprint density at radius 3 is 2.62 bits per heavy atom. The maximum atomic E-state index is 12.1. The van der Waals surface area contributed by atoms with E-state index in [-0.39, 0.29) is 5.78 Å². The van der Waals surface area contributed by atoms with E-state index in [9.17, 15) is 4.79 Å². The van der Waals surface area contributed by atoms with Crippen LogP contribution >= 0.6 is 0 Å². The molecule has 1 heterocycles. The highest BCUT2D eigenvalue weighted by Gasteiger charge is 2.29. The van der Waals surface area contributed by atoms with Crippen molar-refractivity contribution < 1.29 is 4.79 Å². The van der Waals surface area contributed by atoms with Crippen LogP contribution in [0, 0.1) is 0 Å². The van der Waals surface area contributed by atoms with Crippen molar-refractivity contribution in [2.75, 3.05) is 19.8 Å². The molecule has 0 aliphatic rings. The standard InChI is InChI=1S/C12H19N3O/c1-12(2,15(3)4)11(16)7-9-8-14-6-5-10(9)13/h5-6,8H,7H2,1-4H3,(H2,13,14). The monoisotopic (exact) mass is 221 g/mol. The Labute approximate surface area is 96.5 Å². The van der Waals surface area contributed by atoms with Gasteiger partial charge in [-0.2, -0.15) is 0 Å². The Kier molecular flexibility index (Phi) is 3.65. The van der Waals surface area contributed by atoms with E-state index in [0.29, 0.717) is 12.1 Å². The first-order valence-corrected chi connectivity index (χ1v) is 5.25. The largest absolute Gasteiger partial charge is 0.398 e. The molecule has 2 N–H and O–H groups in total. The molecule has 16 heavy (non-hydrogen) atoms. The minimum absolute atomic E-state index is 0.136. The number of ketones is 1. The number of nitrogen functional groups attached to an aromatic ring is 1. The highest BCUT2D eigenvalue weighted by molar-refractivity contribution is 5.90. The highest BCUT2D eigenvalue weighted by atomic mass is 16.1. The second kappa shape index (κ2) is 4.61. The first-order valence-electron chi connectivity index (χ1n) is 5.25. The molecule has 0 saturated heterocycles. The fourth-order valence-corrected chi connectivity index (χ4v) is 1.22. The van der Waals surface area contributed by atoms with Gasteiger partial charge in [0.2, 0.25) is 0 Å². The summed E-state index contributed by atoms with van der Waals surface area (Å²) in [4.78, 5) is 18.0. The van der Waals surface area contributed by atoms with Crippen molar-refractivity contribution in [2.45, 2.75) is 25.8 Å². The van der Waals surface area contributed by atoms with E-state index in [0.717, 1.165) is 5.56 Å². The number of Topliss-reactive ketones (excluding diaryl/α,β-unsaturated/α-hetero) is 1. The second-order valence-electron chi connectivity index (χ2n) is 4.63. The zero-order valence-electron chi connectivity index (χ0n) is 10.3. The smallest absolute Gasteiger partial charge is 0.156 e. The summed E-state index contributed by atoms with van der Waals surface area (Å²) in [6.07, 6.45) is 3.60. The van der Waals surface area contributed by atoms with Gasteiger partial charge in [0, 0.05) is 30.1 Å². The van der Waals surface area contributed by atoms with E-state index in [1.807, 2.05) is 32.8 Å². The van der Waals surface area contributed by atoms with Crippen LogP contribution in [0.2, 0.25) is 0 Å². The van der Waals surface area contributed by atoms with Gasteiger partial charge in [0.05, 0.1) is 5.54 Å². The summed E-state index contributed by atoms with van der Waals surface area (Å²) in [6.45, 7) is 3.81. The van der Waals surface area contributed by atoms with Crippen molar-refractivity contribution in [3.63, 3.8) is 0 Å². The fraction of sp³-hybridized carbons (Fsp3) is 0.500. The summed E-state index contributed by atoms with van der Waals surface area (Å²) in [6, 6.07) is 1.71. The van der Waals surface area contributed by atoms with Crippen LogP contribution < -0.4 is 5.73 Å². The molecule has 0 bridgehead atoms. The van der Waals surface area contributed by atoms with Crippen molar-refractivity contribution in [1.82, 2.24) is 9.88 Å². The zero-order valence-corrected chi connectivity index (χ0v) is 10.3. The molecule has 0 fully saturated rings. The van der Waals surface area contributed by atoms with Crippen molar-refractivity contribution in [1.29, 1.82) is 0 Å². The number of hydrogen-bond acceptors (Lipinski definition) is 4. The first kappa shape index (κ1) is 12.6. The summed E-state index contributed by atoms with van der Waals surface area (Å²) in [5.41, 5.74) is 6.72. The van der Waals surface area contributed by atoms with Crippen LogP contribution in [-0.2, 0) is 11.2 Å². The summed E-state index contributed by atoms with van der Waals surface area (Å²) < 4.78 is 0. The van der Waals surface area contributed by atoms with Crippen LogP contribution in [0.15, 0.2) is 18.5 Å². The predicted octanol–water partition coefficient (Wildman–Crippen LogP) is 1.12. The molecule has 1 aromatic rings. The van der Waals surface area contributed by atoms with Gasteiger partial charge in [-0.1, -0.05) is 0 Å². The lowest BCUT2D eigenvalue weighted by atomic mass is 9.92. The Morgan fingerprint density at radius 1 is 1.50 bits per heavy atom. The van der Waals surface area contributed by atoms with Crippen LogP contribution in [0.5, 0.6) is 0 Å². The average Bonchev–Trinajstić information content (AvgIpc) is 2.21. The van der Waals surface area contributed by atoms with E-state index >= 15 is 0 Å². The van der Waals surface area contributed by atoms with Gasteiger partial charge in [0.1, 0.15) is 0 Å². The van der Waals surface area contributed by atoms with Crippen LogP contribution in [0.4, 0.5) is 5.69 Å². The molecule has 0 radical (unpaired) electrons. The van der Waals surface area contributed by atoms with Gasteiger partial charge in [0.25, 0.3) is 0 Å². The molecule has 1 rings (SSSR count). The Bertz CT molecular complexity index is 386. The number of hydrogen-bond donors (Lipinski definition) is 1. The highest BCUT2D eigenvalue weighted by Crippen LogP contribution is 2.17. The van der Waals surface area contributed by atoms with Gasteiger partial charge >= 0.3 is 0 Å². The molecule has 0 spiro atoms. The molecule has 4 nitrogen and oxygen atoms in total. The number of pyridine rings is 1. The average molecular weight is 221 g/mol. The van der Waals surface area contributed by atoms with Crippen LogP contribution in [0.25, 0.3) is 0 Å². The topological polar surface area (TPSA) is 59.2 Å². The third-order valence-electron chi connectivity index (χ3n) is 3.09. The van der Waals surface area contributed by atoms with Crippen molar-refractivity contribution >= 4 is 11.5 Å². The molecule has 4 heteroatoms. The number of nitrogens with zero attached hydrogens (tertiary/aromatic N) is 2. The lowest BCUT2D eigenvalue weighted by Crippen LogP contribution is -2.46. The SMILES string of the molecule is CN(C)C(C)(C)C(=O)Cc1cnccc1N. The lowest BCUT2D eigenvalue weighted by molar-refractivity contribution is -0.127.